The lowest BCUT2D eigenvalue weighted by atomic mass is 9.77. The largest absolute Gasteiger partial charge is 0.315 e. The van der Waals surface area contributed by atoms with E-state index in [-0.39, 0.29) is 0 Å². The van der Waals surface area contributed by atoms with Crippen molar-refractivity contribution in [2.45, 2.75) is 64.8 Å². The molecule has 0 amide bonds. The fourth-order valence-corrected chi connectivity index (χ4v) is 3.80. The third kappa shape index (κ3) is 5.16. The second kappa shape index (κ2) is 7.85. The van der Waals surface area contributed by atoms with Crippen LogP contribution in [0.4, 0.5) is 0 Å². The minimum Gasteiger partial charge on any atom is -0.315 e. The maximum Gasteiger partial charge on any atom is 0.0595 e. The molecule has 2 rings (SSSR count). The SMILES string of the molecule is CC(C)NCCC1(CCc2ccc(Cl)c(Cl)c2)CCCC1. The van der Waals surface area contributed by atoms with E-state index in [1.807, 2.05) is 12.1 Å². The number of hydrogen-bond acceptors (Lipinski definition) is 1. The van der Waals surface area contributed by atoms with Crippen LogP contribution in [-0.2, 0) is 6.42 Å². The molecule has 1 N–H and O–H groups in total. The Labute approximate surface area is 139 Å². The van der Waals surface area contributed by atoms with E-state index in [1.54, 1.807) is 0 Å². The molecule has 0 atom stereocenters. The van der Waals surface area contributed by atoms with Gasteiger partial charge in [-0.25, -0.2) is 0 Å². The van der Waals surface area contributed by atoms with Crippen LogP contribution < -0.4 is 5.32 Å². The summed E-state index contributed by atoms with van der Waals surface area (Å²) < 4.78 is 0. The average molecular weight is 328 g/mol. The lowest BCUT2D eigenvalue weighted by Crippen LogP contribution is -2.29. The van der Waals surface area contributed by atoms with Crippen molar-refractivity contribution in [3.05, 3.63) is 33.8 Å². The first-order valence-electron chi connectivity index (χ1n) is 8.18. The normalized spacial score (nSPS) is 17.6. The van der Waals surface area contributed by atoms with Crippen molar-refractivity contribution in [1.82, 2.24) is 5.32 Å². The molecule has 0 aromatic heterocycles. The summed E-state index contributed by atoms with van der Waals surface area (Å²) in [6.07, 6.45) is 9.23. The third-order valence-corrected chi connectivity index (χ3v) is 5.54. The van der Waals surface area contributed by atoms with Crippen molar-refractivity contribution in [3.63, 3.8) is 0 Å². The zero-order valence-electron chi connectivity index (χ0n) is 13.2. The number of rotatable bonds is 7. The van der Waals surface area contributed by atoms with Crippen molar-refractivity contribution >= 4 is 23.2 Å². The number of aryl methyl sites for hydroxylation is 1. The van der Waals surface area contributed by atoms with Crippen LogP contribution in [0.2, 0.25) is 10.0 Å². The van der Waals surface area contributed by atoms with E-state index < -0.39 is 0 Å². The van der Waals surface area contributed by atoms with Gasteiger partial charge < -0.3 is 5.32 Å². The molecule has 0 unspecified atom stereocenters. The lowest BCUT2D eigenvalue weighted by molar-refractivity contribution is 0.243. The Morgan fingerprint density at radius 3 is 2.43 bits per heavy atom. The first-order chi connectivity index (χ1) is 10.0. The van der Waals surface area contributed by atoms with Crippen LogP contribution >= 0.6 is 23.2 Å². The molecule has 0 aliphatic heterocycles. The van der Waals surface area contributed by atoms with Gasteiger partial charge in [-0.05, 0) is 61.8 Å². The van der Waals surface area contributed by atoms with Crippen LogP contribution in [0.3, 0.4) is 0 Å². The van der Waals surface area contributed by atoms with Crippen molar-refractivity contribution in [2.24, 2.45) is 5.41 Å². The molecule has 1 saturated carbocycles. The molecule has 0 bridgehead atoms. The molecule has 1 aromatic carbocycles. The van der Waals surface area contributed by atoms with E-state index in [2.05, 4.69) is 25.2 Å². The minimum atomic E-state index is 0.536. The molecule has 0 heterocycles. The van der Waals surface area contributed by atoms with Gasteiger partial charge in [0.1, 0.15) is 0 Å². The second-order valence-corrected chi connectivity index (χ2v) is 7.63. The smallest absolute Gasteiger partial charge is 0.0595 e. The van der Waals surface area contributed by atoms with Gasteiger partial charge >= 0.3 is 0 Å². The first kappa shape index (κ1) is 17.1. The van der Waals surface area contributed by atoms with Gasteiger partial charge in [-0.3, -0.25) is 0 Å². The van der Waals surface area contributed by atoms with Gasteiger partial charge in [-0.1, -0.05) is 56.0 Å². The maximum atomic E-state index is 6.12. The van der Waals surface area contributed by atoms with Crippen molar-refractivity contribution in [2.75, 3.05) is 6.54 Å². The lowest BCUT2D eigenvalue weighted by Gasteiger charge is -2.30. The molecular weight excluding hydrogens is 301 g/mol. The molecule has 1 aliphatic carbocycles. The topological polar surface area (TPSA) is 12.0 Å². The van der Waals surface area contributed by atoms with Gasteiger partial charge in [0.05, 0.1) is 10.0 Å². The predicted octanol–water partition coefficient (Wildman–Crippen LogP) is 5.87. The molecule has 21 heavy (non-hydrogen) atoms. The highest BCUT2D eigenvalue weighted by atomic mass is 35.5. The zero-order valence-corrected chi connectivity index (χ0v) is 14.7. The third-order valence-electron chi connectivity index (χ3n) is 4.80. The van der Waals surface area contributed by atoms with Crippen LogP contribution in [0.15, 0.2) is 18.2 Å². The molecule has 1 aliphatic rings. The van der Waals surface area contributed by atoms with Crippen LogP contribution in [-0.4, -0.2) is 12.6 Å². The Balaban J connectivity index is 1.91. The highest BCUT2D eigenvalue weighted by Crippen LogP contribution is 2.44. The van der Waals surface area contributed by atoms with Crippen LogP contribution in [0.5, 0.6) is 0 Å². The molecule has 0 spiro atoms. The Hall–Kier alpha value is -0.240. The predicted molar refractivity (Wildman–Crippen MR) is 93.4 cm³/mol. The summed E-state index contributed by atoms with van der Waals surface area (Å²) in [4.78, 5) is 0. The Morgan fingerprint density at radius 2 is 1.81 bits per heavy atom. The number of nitrogens with one attached hydrogen (secondary N) is 1. The Bertz CT molecular complexity index is 451. The molecule has 1 nitrogen and oxygen atoms in total. The zero-order chi connectivity index (χ0) is 15.3. The molecule has 3 heteroatoms. The van der Waals surface area contributed by atoms with E-state index in [0.29, 0.717) is 21.5 Å². The summed E-state index contributed by atoms with van der Waals surface area (Å²) in [5.74, 6) is 0. The molecule has 118 valence electrons. The highest BCUT2D eigenvalue weighted by molar-refractivity contribution is 6.42. The van der Waals surface area contributed by atoms with Crippen LogP contribution in [0.1, 0.15) is 57.9 Å². The summed E-state index contributed by atoms with van der Waals surface area (Å²) in [5, 5.41) is 4.90. The fourth-order valence-electron chi connectivity index (χ4n) is 3.48. The Kier molecular flexibility index (Phi) is 6.40. The van der Waals surface area contributed by atoms with Gasteiger partial charge in [-0.15, -0.1) is 0 Å². The summed E-state index contributed by atoms with van der Waals surface area (Å²) in [5.41, 5.74) is 1.85. The number of hydrogen-bond donors (Lipinski definition) is 1. The van der Waals surface area contributed by atoms with E-state index in [9.17, 15) is 0 Å². The van der Waals surface area contributed by atoms with Crippen LogP contribution in [0.25, 0.3) is 0 Å². The van der Waals surface area contributed by atoms with Crippen LogP contribution in [0, 0.1) is 5.41 Å². The van der Waals surface area contributed by atoms with Gasteiger partial charge in [-0.2, -0.15) is 0 Å². The van der Waals surface area contributed by atoms with Crippen molar-refractivity contribution in [1.29, 1.82) is 0 Å². The summed E-state index contributed by atoms with van der Waals surface area (Å²) in [6, 6.07) is 6.64. The van der Waals surface area contributed by atoms with Crippen molar-refractivity contribution in [3.8, 4) is 0 Å². The standard InChI is InChI=1S/C18H27Cl2N/c1-14(2)21-12-11-18(8-3-4-9-18)10-7-15-5-6-16(19)17(20)13-15/h5-6,13-14,21H,3-4,7-12H2,1-2H3. The highest BCUT2D eigenvalue weighted by Gasteiger charge is 2.32. The monoisotopic (exact) mass is 327 g/mol. The Morgan fingerprint density at radius 1 is 1.10 bits per heavy atom. The number of halogens is 2. The quantitative estimate of drug-likeness (QED) is 0.659. The molecule has 0 radical (unpaired) electrons. The van der Waals surface area contributed by atoms with E-state index in [0.717, 1.165) is 13.0 Å². The molecule has 1 aromatic rings. The summed E-state index contributed by atoms with van der Waals surface area (Å²) in [6.45, 7) is 5.58. The minimum absolute atomic E-state index is 0.536. The summed E-state index contributed by atoms with van der Waals surface area (Å²) in [7, 11) is 0. The number of benzene rings is 1. The first-order valence-corrected chi connectivity index (χ1v) is 8.94. The van der Waals surface area contributed by atoms with Gasteiger partial charge in [0.2, 0.25) is 0 Å². The molecule has 1 fully saturated rings. The van der Waals surface area contributed by atoms with Gasteiger partial charge in [0.15, 0.2) is 0 Å². The van der Waals surface area contributed by atoms with Gasteiger partial charge in [0.25, 0.3) is 0 Å². The maximum absolute atomic E-state index is 6.12. The van der Waals surface area contributed by atoms with E-state index in [4.69, 9.17) is 23.2 Å². The fraction of sp³-hybridized carbons (Fsp3) is 0.667. The summed E-state index contributed by atoms with van der Waals surface area (Å²) >= 11 is 12.1. The second-order valence-electron chi connectivity index (χ2n) is 6.81. The van der Waals surface area contributed by atoms with E-state index >= 15 is 0 Å². The average Bonchev–Trinajstić information content (AvgIpc) is 2.89. The van der Waals surface area contributed by atoms with Gasteiger partial charge in [0, 0.05) is 6.04 Å². The van der Waals surface area contributed by atoms with Crippen molar-refractivity contribution < 1.29 is 0 Å². The van der Waals surface area contributed by atoms with E-state index in [1.165, 1.54) is 44.1 Å². The molecular formula is C18H27Cl2N. The molecule has 0 saturated heterocycles.